The van der Waals surface area contributed by atoms with E-state index in [9.17, 15) is 4.79 Å². The van der Waals surface area contributed by atoms with Crippen LogP contribution in [0.4, 0.5) is 0 Å². The number of furan rings is 1. The van der Waals surface area contributed by atoms with Crippen molar-refractivity contribution in [2.24, 2.45) is 5.92 Å². The van der Waals surface area contributed by atoms with Crippen molar-refractivity contribution in [2.75, 3.05) is 13.7 Å². The second kappa shape index (κ2) is 7.32. The molecule has 1 aromatic carbocycles. The van der Waals surface area contributed by atoms with Gasteiger partial charge in [0.1, 0.15) is 17.3 Å². The van der Waals surface area contributed by atoms with Gasteiger partial charge in [-0.1, -0.05) is 12.1 Å². The topological polar surface area (TPSA) is 72.5 Å². The van der Waals surface area contributed by atoms with Gasteiger partial charge in [-0.3, -0.25) is 4.79 Å². The minimum absolute atomic E-state index is 0.185. The molecule has 114 valence electrons. The summed E-state index contributed by atoms with van der Waals surface area (Å²) >= 11 is 0. The molecule has 1 atom stereocenters. The maximum absolute atomic E-state index is 11.6. The predicted molar refractivity (Wildman–Crippen MR) is 80.1 cm³/mol. The van der Waals surface area contributed by atoms with Crippen LogP contribution in [0.15, 0.2) is 40.8 Å². The first kappa shape index (κ1) is 15.6. The quantitative estimate of drug-likeness (QED) is 0.766. The summed E-state index contributed by atoms with van der Waals surface area (Å²) in [5.41, 5.74) is 0.820. The van der Waals surface area contributed by atoms with E-state index >= 15 is 0 Å². The summed E-state index contributed by atoms with van der Waals surface area (Å²) in [7, 11) is 1.59. The number of nitriles is 1. The Bertz CT molecular complexity index is 684. The molecule has 1 heterocycles. The SMILES string of the molecule is CCOC(=O)C(C#N)Cc1ccc(-c2ccccc2OC)o1. The van der Waals surface area contributed by atoms with E-state index in [0.29, 0.717) is 17.3 Å². The Balaban J connectivity index is 2.18. The molecule has 0 saturated carbocycles. The van der Waals surface area contributed by atoms with Crippen LogP contribution in [0.3, 0.4) is 0 Å². The maximum atomic E-state index is 11.6. The molecule has 22 heavy (non-hydrogen) atoms. The maximum Gasteiger partial charge on any atom is 0.323 e. The number of ether oxygens (including phenoxy) is 2. The molecule has 0 N–H and O–H groups in total. The van der Waals surface area contributed by atoms with E-state index in [-0.39, 0.29) is 13.0 Å². The van der Waals surface area contributed by atoms with Crippen LogP contribution in [0.1, 0.15) is 12.7 Å². The third-order valence-corrected chi connectivity index (χ3v) is 3.17. The molecule has 5 heteroatoms. The molecule has 5 nitrogen and oxygen atoms in total. The number of carbonyl (C=O) groups excluding carboxylic acids is 1. The van der Waals surface area contributed by atoms with Gasteiger partial charge in [0.05, 0.1) is 25.3 Å². The van der Waals surface area contributed by atoms with Crippen molar-refractivity contribution in [1.29, 1.82) is 5.26 Å². The molecule has 2 aromatic rings. The van der Waals surface area contributed by atoms with Crippen LogP contribution >= 0.6 is 0 Å². The van der Waals surface area contributed by atoms with E-state index in [1.54, 1.807) is 26.2 Å². The van der Waals surface area contributed by atoms with Crippen molar-refractivity contribution in [3.05, 3.63) is 42.2 Å². The highest BCUT2D eigenvalue weighted by atomic mass is 16.5. The smallest absolute Gasteiger partial charge is 0.323 e. The Morgan fingerprint density at radius 2 is 2.09 bits per heavy atom. The fraction of sp³-hybridized carbons (Fsp3) is 0.294. The Hall–Kier alpha value is -2.74. The number of esters is 1. The van der Waals surface area contributed by atoms with Gasteiger partial charge in [-0.2, -0.15) is 5.26 Å². The largest absolute Gasteiger partial charge is 0.496 e. The molecule has 0 bridgehead atoms. The first-order valence-electron chi connectivity index (χ1n) is 6.98. The summed E-state index contributed by atoms with van der Waals surface area (Å²) in [6.07, 6.45) is 0.185. The molecule has 0 spiro atoms. The van der Waals surface area contributed by atoms with Gasteiger partial charge in [0, 0.05) is 6.42 Å². The zero-order valence-corrected chi connectivity index (χ0v) is 12.5. The third-order valence-electron chi connectivity index (χ3n) is 3.17. The first-order valence-corrected chi connectivity index (χ1v) is 6.98. The predicted octanol–water partition coefficient (Wildman–Crippen LogP) is 3.20. The van der Waals surface area contributed by atoms with E-state index in [0.717, 1.165) is 5.56 Å². The van der Waals surface area contributed by atoms with Crippen molar-refractivity contribution in [2.45, 2.75) is 13.3 Å². The number of para-hydroxylation sites is 1. The lowest BCUT2D eigenvalue weighted by Crippen LogP contribution is -2.18. The molecule has 0 aliphatic rings. The fourth-order valence-electron chi connectivity index (χ4n) is 2.11. The van der Waals surface area contributed by atoms with E-state index in [1.165, 1.54) is 0 Å². The number of methoxy groups -OCH3 is 1. The monoisotopic (exact) mass is 299 g/mol. The molecule has 0 aliphatic carbocycles. The van der Waals surface area contributed by atoms with Crippen molar-refractivity contribution >= 4 is 5.97 Å². The van der Waals surface area contributed by atoms with Crippen molar-refractivity contribution in [3.63, 3.8) is 0 Å². The Kier molecular flexibility index (Phi) is 5.21. The summed E-state index contributed by atoms with van der Waals surface area (Å²) < 4.78 is 15.9. The van der Waals surface area contributed by atoms with Crippen molar-refractivity contribution in [3.8, 4) is 23.1 Å². The Morgan fingerprint density at radius 3 is 2.77 bits per heavy atom. The molecule has 0 amide bonds. The summed E-state index contributed by atoms with van der Waals surface area (Å²) in [6, 6.07) is 13.0. The zero-order valence-electron chi connectivity index (χ0n) is 12.5. The first-order chi connectivity index (χ1) is 10.7. The van der Waals surface area contributed by atoms with Gasteiger partial charge in [0.2, 0.25) is 0 Å². The van der Waals surface area contributed by atoms with Gasteiger partial charge in [0.15, 0.2) is 5.92 Å². The lowest BCUT2D eigenvalue weighted by molar-refractivity contribution is -0.146. The van der Waals surface area contributed by atoms with Crippen LogP contribution in [-0.2, 0) is 16.0 Å². The Labute approximate surface area is 129 Å². The lowest BCUT2D eigenvalue weighted by Gasteiger charge is -2.07. The molecule has 0 aliphatic heterocycles. The highest BCUT2D eigenvalue weighted by Gasteiger charge is 2.22. The lowest BCUT2D eigenvalue weighted by atomic mass is 10.1. The van der Waals surface area contributed by atoms with Crippen LogP contribution in [0.2, 0.25) is 0 Å². The molecule has 0 saturated heterocycles. The second-order valence-corrected chi connectivity index (χ2v) is 4.60. The second-order valence-electron chi connectivity index (χ2n) is 4.60. The van der Waals surface area contributed by atoms with Crippen LogP contribution in [0, 0.1) is 17.2 Å². The fourth-order valence-corrected chi connectivity index (χ4v) is 2.11. The number of nitrogens with zero attached hydrogens (tertiary/aromatic N) is 1. The normalized spacial score (nSPS) is 11.5. The number of rotatable bonds is 6. The minimum atomic E-state index is -0.864. The minimum Gasteiger partial charge on any atom is -0.496 e. The van der Waals surface area contributed by atoms with Gasteiger partial charge in [-0.15, -0.1) is 0 Å². The van der Waals surface area contributed by atoms with Gasteiger partial charge in [-0.25, -0.2) is 0 Å². The van der Waals surface area contributed by atoms with Gasteiger partial charge in [-0.05, 0) is 31.2 Å². The summed E-state index contributed by atoms with van der Waals surface area (Å²) in [6.45, 7) is 1.96. The average molecular weight is 299 g/mol. The molecule has 1 aromatic heterocycles. The standard InChI is InChI=1S/C17H17NO4/c1-3-21-17(19)12(11-18)10-13-8-9-16(22-13)14-6-4-5-7-15(14)20-2/h4-9,12H,3,10H2,1-2H3. The molecule has 1 unspecified atom stereocenters. The van der Waals surface area contributed by atoms with Crippen molar-refractivity contribution < 1.29 is 18.7 Å². The number of hydrogen-bond donors (Lipinski definition) is 0. The van der Waals surface area contributed by atoms with E-state index in [2.05, 4.69) is 0 Å². The van der Waals surface area contributed by atoms with Crippen molar-refractivity contribution in [1.82, 2.24) is 0 Å². The molecule has 0 radical (unpaired) electrons. The van der Waals surface area contributed by atoms with Gasteiger partial charge < -0.3 is 13.9 Å². The molecule has 0 fully saturated rings. The van der Waals surface area contributed by atoms with E-state index in [4.69, 9.17) is 19.2 Å². The highest BCUT2D eigenvalue weighted by molar-refractivity contribution is 5.75. The molecular weight excluding hydrogens is 282 g/mol. The summed E-state index contributed by atoms with van der Waals surface area (Å²) in [5.74, 6) is 0.496. The van der Waals surface area contributed by atoms with Gasteiger partial charge >= 0.3 is 5.97 Å². The zero-order chi connectivity index (χ0) is 15.9. The van der Waals surface area contributed by atoms with Crippen LogP contribution in [0.25, 0.3) is 11.3 Å². The van der Waals surface area contributed by atoms with E-state index in [1.807, 2.05) is 30.3 Å². The highest BCUT2D eigenvalue weighted by Crippen LogP contribution is 2.31. The van der Waals surface area contributed by atoms with Crippen LogP contribution in [-0.4, -0.2) is 19.7 Å². The van der Waals surface area contributed by atoms with Gasteiger partial charge in [0.25, 0.3) is 0 Å². The number of hydrogen-bond acceptors (Lipinski definition) is 5. The summed E-state index contributed by atoms with van der Waals surface area (Å²) in [4.78, 5) is 11.6. The Morgan fingerprint density at radius 1 is 1.32 bits per heavy atom. The third kappa shape index (κ3) is 3.47. The molecule has 2 rings (SSSR count). The van der Waals surface area contributed by atoms with Crippen LogP contribution < -0.4 is 4.74 Å². The van der Waals surface area contributed by atoms with E-state index < -0.39 is 11.9 Å². The summed E-state index contributed by atoms with van der Waals surface area (Å²) in [5, 5.41) is 9.08. The molecular formula is C17H17NO4. The average Bonchev–Trinajstić information content (AvgIpc) is 3.01. The number of benzene rings is 1. The van der Waals surface area contributed by atoms with Crippen LogP contribution in [0.5, 0.6) is 5.75 Å². The number of carbonyl (C=O) groups is 1.